The van der Waals surface area contributed by atoms with Crippen LogP contribution in [-0.2, 0) is 6.42 Å². The van der Waals surface area contributed by atoms with E-state index in [1.165, 1.54) is 24.2 Å². The maximum atomic E-state index is 12.0. The Morgan fingerprint density at radius 3 is 2.71 bits per heavy atom. The summed E-state index contributed by atoms with van der Waals surface area (Å²) in [6, 6.07) is 11.3. The van der Waals surface area contributed by atoms with Crippen LogP contribution in [0.5, 0.6) is 0 Å². The third kappa shape index (κ3) is 2.65. The van der Waals surface area contributed by atoms with Gasteiger partial charge in [0, 0.05) is 30.4 Å². The van der Waals surface area contributed by atoms with Crippen LogP contribution < -0.4 is 15.8 Å². The lowest BCUT2D eigenvalue weighted by atomic mass is 10.0. The number of anilines is 1. The van der Waals surface area contributed by atoms with Gasteiger partial charge in [-0.15, -0.1) is 0 Å². The van der Waals surface area contributed by atoms with E-state index in [2.05, 4.69) is 46.4 Å². The van der Waals surface area contributed by atoms with Gasteiger partial charge in [0.2, 0.25) is 0 Å². The third-order valence-corrected chi connectivity index (χ3v) is 5.57. The Morgan fingerprint density at radius 1 is 1.21 bits per heavy atom. The molecule has 2 aliphatic rings. The van der Waals surface area contributed by atoms with E-state index in [-0.39, 0.29) is 5.56 Å². The second kappa shape index (κ2) is 6.10. The van der Waals surface area contributed by atoms with E-state index < -0.39 is 0 Å². The maximum Gasteiger partial charge on any atom is 0.251 e. The summed E-state index contributed by atoms with van der Waals surface area (Å²) in [6.07, 6.45) is 2.21. The number of benzene rings is 1. The molecule has 2 atom stereocenters. The van der Waals surface area contributed by atoms with E-state index >= 15 is 0 Å². The largest absolute Gasteiger partial charge is 0.370 e. The first kappa shape index (κ1) is 15.5. The Morgan fingerprint density at radius 2 is 2.00 bits per heavy atom. The molecule has 2 fully saturated rings. The molecule has 4 heteroatoms. The Hall–Kier alpha value is -2.07. The molecule has 2 N–H and O–H groups in total. The van der Waals surface area contributed by atoms with Crippen LogP contribution in [0.2, 0.25) is 0 Å². The van der Waals surface area contributed by atoms with Crippen LogP contribution >= 0.6 is 0 Å². The topological polar surface area (TPSA) is 48.1 Å². The van der Waals surface area contributed by atoms with Crippen molar-refractivity contribution in [1.29, 1.82) is 0 Å². The van der Waals surface area contributed by atoms with Gasteiger partial charge in [-0.25, -0.2) is 0 Å². The predicted octanol–water partition coefficient (Wildman–Crippen LogP) is 2.71. The first-order valence-corrected chi connectivity index (χ1v) is 8.97. The van der Waals surface area contributed by atoms with Gasteiger partial charge in [0.05, 0.1) is 5.69 Å². The molecular weight excluding hydrogens is 298 g/mol. The van der Waals surface area contributed by atoms with Crippen molar-refractivity contribution in [3.8, 4) is 11.3 Å². The number of hydrogen-bond donors (Lipinski definition) is 2. The number of pyridine rings is 1. The van der Waals surface area contributed by atoms with Crippen LogP contribution in [-0.4, -0.2) is 30.7 Å². The summed E-state index contributed by atoms with van der Waals surface area (Å²) in [5.74, 6) is 0.796. The minimum atomic E-state index is 0.00437. The number of H-pyrrole nitrogens is 1. The zero-order chi connectivity index (χ0) is 16.7. The lowest BCUT2D eigenvalue weighted by Gasteiger charge is -2.20. The molecule has 0 spiro atoms. The third-order valence-electron chi connectivity index (χ3n) is 5.57. The molecule has 1 aromatic heterocycles. The summed E-state index contributed by atoms with van der Waals surface area (Å²) < 4.78 is 0. The molecule has 126 valence electrons. The Balaban J connectivity index is 1.60. The minimum Gasteiger partial charge on any atom is -0.370 e. The van der Waals surface area contributed by atoms with Crippen LogP contribution in [0.1, 0.15) is 24.5 Å². The Labute approximate surface area is 142 Å². The highest BCUT2D eigenvalue weighted by Gasteiger charge is 2.35. The lowest BCUT2D eigenvalue weighted by molar-refractivity contribution is 0.556. The molecule has 0 amide bonds. The molecular formula is C20H25N3O. The van der Waals surface area contributed by atoms with Crippen LogP contribution in [0, 0.1) is 12.8 Å². The smallest absolute Gasteiger partial charge is 0.251 e. The lowest BCUT2D eigenvalue weighted by Crippen LogP contribution is -2.30. The molecule has 0 bridgehead atoms. The van der Waals surface area contributed by atoms with Gasteiger partial charge >= 0.3 is 0 Å². The predicted molar refractivity (Wildman–Crippen MR) is 98.7 cm³/mol. The van der Waals surface area contributed by atoms with Gasteiger partial charge in [0.1, 0.15) is 0 Å². The van der Waals surface area contributed by atoms with Crippen LogP contribution in [0.25, 0.3) is 11.3 Å². The van der Waals surface area contributed by atoms with Crippen molar-refractivity contribution >= 4 is 5.69 Å². The zero-order valence-corrected chi connectivity index (χ0v) is 14.4. The maximum absolute atomic E-state index is 12.0. The molecule has 2 aromatic rings. The van der Waals surface area contributed by atoms with E-state index in [9.17, 15) is 4.79 Å². The van der Waals surface area contributed by atoms with Crippen molar-refractivity contribution in [2.24, 2.45) is 5.92 Å². The highest BCUT2D eigenvalue weighted by molar-refractivity contribution is 5.66. The molecule has 3 heterocycles. The van der Waals surface area contributed by atoms with E-state index in [1.54, 1.807) is 0 Å². The van der Waals surface area contributed by atoms with Crippen molar-refractivity contribution in [1.82, 2.24) is 10.3 Å². The van der Waals surface area contributed by atoms with Crippen LogP contribution in [0.15, 0.2) is 35.1 Å². The molecule has 2 aliphatic heterocycles. The molecule has 24 heavy (non-hydrogen) atoms. The van der Waals surface area contributed by atoms with Gasteiger partial charge in [0.25, 0.3) is 5.56 Å². The average Bonchev–Trinajstić information content (AvgIpc) is 3.19. The van der Waals surface area contributed by atoms with Crippen molar-refractivity contribution in [3.63, 3.8) is 0 Å². The van der Waals surface area contributed by atoms with Gasteiger partial charge in [-0.1, -0.05) is 19.1 Å². The number of rotatable bonds is 3. The summed E-state index contributed by atoms with van der Waals surface area (Å²) in [4.78, 5) is 17.5. The fourth-order valence-corrected chi connectivity index (χ4v) is 4.13. The van der Waals surface area contributed by atoms with Gasteiger partial charge in [-0.3, -0.25) is 4.79 Å². The first-order valence-electron chi connectivity index (χ1n) is 8.97. The molecule has 2 saturated heterocycles. The summed E-state index contributed by atoms with van der Waals surface area (Å²) in [5.41, 5.74) is 5.31. The van der Waals surface area contributed by atoms with E-state index in [1.807, 2.05) is 13.0 Å². The number of nitrogens with one attached hydrogen (secondary N) is 2. The normalized spacial score (nSPS) is 22.8. The van der Waals surface area contributed by atoms with Crippen molar-refractivity contribution in [2.45, 2.75) is 32.7 Å². The fraction of sp³-hybridized carbons (Fsp3) is 0.450. The second-order valence-corrected chi connectivity index (χ2v) is 7.10. The number of aryl methyl sites for hydroxylation is 2. The van der Waals surface area contributed by atoms with Gasteiger partial charge < -0.3 is 15.2 Å². The zero-order valence-electron chi connectivity index (χ0n) is 14.4. The number of fused-ring (bicyclic) bond motifs is 1. The highest BCUT2D eigenvalue weighted by atomic mass is 16.1. The van der Waals surface area contributed by atoms with Gasteiger partial charge in [0.15, 0.2) is 0 Å². The minimum absolute atomic E-state index is 0.00437. The molecule has 0 radical (unpaired) electrons. The van der Waals surface area contributed by atoms with Gasteiger partial charge in [-0.05, 0) is 61.6 Å². The van der Waals surface area contributed by atoms with Gasteiger partial charge in [-0.2, -0.15) is 0 Å². The van der Waals surface area contributed by atoms with E-state index in [0.29, 0.717) is 6.04 Å². The van der Waals surface area contributed by atoms with Crippen LogP contribution in [0.4, 0.5) is 5.69 Å². The number of aromatic amines is 1. The van der Waals surface area contributed by atoms with E-state index in [0.717, 1.165) is 42.2 Å². The fourth-order valence-electron chi connectivity index (χ4n) is 4.13. The quantitative estimate of drug-likeness (QED) is 0.913. The van der Waals surface area contributed by atoms with E-state index in [4.69, 9.17) is 0 Å². The molecule has 0 aliphatic carbocycles. The van der Waals surface area contributed by atoms with Crippen molar-refractivity contribution < 1.29 is 0 Å². The molecule has 1 aromatic carbocycles. The summed E-state index contributed by atoms with van der Waals surface area (Å²) in [6.45, 7) is 7.41. The highest BCUT2D eigenvalue weighted by Crippen LogP contribution is 2.30. The monoisotopic (exact) mass is 323 g/mol. The SMILES string of the molecule is CCc1cc(C)c(=O)[nH]c1-c1ccc(N2C[C@@H]3CCN[C@@H]3C2)cc1. The summed E-state index contributed by atoms with van der Waals surface area (Å²) >= 11 is 0. The summed E-state index contributed by atoms with van der Waals surface area (Å²) in [7, 11) is 0. The molecule has 0 saturated carbocycles. The number of nitrogens with zero attached hydrogens (tertiary/aromatic N) is 1. The Kier molecular flexibility index (Phi) is 3.93. The average molecular weight is 323 g/mol. The number of hydrogen-bond acceptors (Lipinski definition) is 3. The molecule has 4 rings (SSSR count). The number of aromatic nitrogens is 1. The standard InChI is InChI=1S/C20H25N3O/c1-3-14-10-13(2)20(24)22-19(14)15-4-6-17(7-5-15)23-11-16-8-9-21-18(16)12-23/h4-7,10,16,18,21H,3,8-9,11-12H2,1-2H3,(H,22,24)/t16-,18+/m0/s1. The van der Waals surface area contributed by atoms with Crippen molar-refractivity contribution in [3.05, 3.63) is 51.8 Å². The Bertz CT molecular complexity index is 782. The second-order valence-electron chi connectivity index (χ2n) is 7.10. The van der Waals surface area contributed by atoms with Crippen molar-refractivity contribution in [2.75, 3.05) is 24.5 Å². The summed E-state index contributed by atoms with van der Waals surface area (Å²) in [5, 5.41) is 3.60. The first-order chi connectivity index (χ1) is 11.7. The molecule has 4 nitrogen and oxygen atoms in total. The molecule has 0 unspecified atom stereocenters. The van der Waals surface area contributed by atoms with Crippen LogP contribution in [0.3, 0.4) is 0 Å².